The van der Waals surface area contributed by atoms with Gasteiger partial charge in [0.25, 0.3) is 0 Å². The monoisotopic (exact) mass is 263 g/mol. The summed E-state index contributed by atoms with van der Waals surface area (Å²) >= 11 is 0. The summed E-state index contributed by atoms with van der Waals surface area (Å²) in [6, 6.07) is 3.36. The van der Waals surface area contributed by atoms with Gasteiger partial charge in [0.1, 0.15) is 0 Å². The molecule has 0 aliphatic heterocycles. The molecule has 1 N–H and O–H groups in total. The second-order valence-corrected chi connectivity index (χ2v) is 6.05. The molecule has 3 heteroatoms. The Morgan fingerprint density at radius 2 is 2.05 bits per heavy atom. The Morgan fingerprint density at radius 1 is 1.32 bits per heavy atom. The maximum atomic E-state index is 4.65. The molecular formula is C16H29N3. The van der Waals surface area contributed by atoms with E-state index in [9.17, 15) is 0 Å². The topological polar surface area (TPSA) is 29.9 Å². The van der Waals surface area contributed by atoms with Gasteiger partial charge >= 0.3 is 0 Å². The second kappa shape index (κ2) is 7.09. The number of hydrogen-bond donors (Lipinski definition) is 1. The molecule has 1 aromatic heterocycles. The van der Waals surface area contributed by atoms with Crippen molar-refractivity contribution in [3.05, 3.63) is 18.0 Å². The average Bonchev–Trinajstić information content (AvgIpc) is 2.93. The third-order valence-corrected chi connectivity index (χ3v) is 4.70. The van der Waals surface area contributed by atoms with Crippen LogP contribution in [0.2, 0.25) is 0 Å². The van der Waals surface area contributed by atoms with E-state index in [1.165, 1.54) is 37.8 Å². The van der Waals surface area contributed by atoms with Crippen molar-refractivity contribution in [3.63, 3.8) is 0 Å². The molecule has 1 fully saturated rings. The van der Waals surface area contributed by atoms with Crippen LogP contribution in [0.25, 0.3) is 0 Å². The van der Waals surface area contributed by atoms with Gasteiger partial charge in [-0.15, -0.1) is 0 Å². The van der Waals surface area contributed by atoms with Crippen LogP contribution in [0.4, 0.5) is 0 Å². The lowest BCUT2D eigenvalue weighted by Gasteiger charge is -2.28. The van der Waals surface area contributed by atoms with Gasteiger partial charge in [0.05, 0.1) is 5.69 Å². The maximum Gasteiger partial charge on any atom is 0.0762 e. The van der Waals surface area contributed by atoms with Gasteiger partial charge in [0.15, 0.2) is 0 Å². The van der Waals surface area contributed by atoms with Crippen molar-refractivity contribution >= 4 is 0 Å². The Balaban J connectivity index is 1.75. The second-order valence-electron chi connectivity index (χ2n) is 6.05. The van der Waals surface area contributed by atoms with Gasteiger partial charge in [-0.2, -0.15) is 5.10 Å². The Bertz CT molecular complexity index is 364. The van der Waals surface area contributed by atoms with Crippen LogP contribution < -0.4 is 5.32 Å². The molecule has 0 spiro atoms. The van der Waals surface area contributed by atoms with Crippen LogP contribution in [-0.4, -0.2) is 15.8 Å². The number of nitrogens with zero attached hydrogens (tertiary/aromatic N) is 2. The van der Waals surface area contributed by atoms with Crippen LogP contribution in [0, 0.1) is 5.92 Å². The van der Waals surface area contributed by atoms with Gasteiger partial charge in [-0.3, -0.25) is 4.68 Å². The first-order valence-electron chi connectivity index (χ1n) is 8.00. The van der Waals surface area contributed by atoms with Crippen LogP contribution in [0.1, 0.15) is 71.0 Å². The summed E-state index contributed by atoms with van der Waals surface area (Å²) in [5, 5.41) is 8.33. The van der Waals surface area contributed by atoms with Crippen LogP contribution >= 0.6 is 0 Å². The number of nitrogens with one attached hydrogen (secondary N) is 1. The minimum absolute atomic E-state index is 0.508. The van der Waals surface area contributed by atoms with Crippen LogP contribution in [0.5, 0.6) is 0 Å². The standard InChI is InChI=1S/C16H29N3/c1-4-13(3)19-11-10-16(18-19)12-17-15-8-6-14(5-2)7-9-15/h10-11,13-15,17H,4-9,12H2,1-3H3. The molecule has 1 aromatic rings. The van der Waals surface area contributed by atoms with Crippen molar-refractivity contribution in [2.45, 2.75) is 77.9 Å². The number of aromatic nitrogens is 2. The largest absolute Gasteiger partial charge is 0.308 e. The Kier molecular flexibility index (Phi) is 5.44. The molecule has 1 saturated carbocycles. The first kappa shape index (κ1) is 14.6. The quantitative estimate of drug-likeness (QED) is 0.843. The number of rotatable bonds is 6. The smallest absolute Gasteiger partial charge is 0.0762 e. The number of hydrogen-bond acceptors (Lipinski definition) is 2. The predicted molar refractivity (Wildman–Crippen MR) is 80.1 cm³/mol. The summed E-state index contributed by atoms with van der Waals surface area (Å²) in [6.07, 6.45) is 10.1. The molecule has 1 aliphatic rings. The van der Waals surface area contributed by atoms with E-state index in [1.807, 2.05) is 0 Å². The van der Waals surface area contributed by atoms with E-state index in [0.29, 0.717) is 12.1 Å². The summed E-state index contributed by atoms with van der Waals surface area (Å²) in [7, 11) is 0. The van der Waals surface area contributed by atoms with E-state index in [0.717, 1.165) is 18.9 Å². The van der Waals surface area contributed by atoms with Gasteiger partial charge in [-0.05, 0) is 51.0 Å². The molecule has 3 nitrogen and oxygen atoms in total. The zero-order valence-electron chi connectivity index (χ0n) is 12.7. The van der Waals surface area contributed by atoms with E-state index >= 15 is 0 Å². The molecular weight excluding hydrogens is 234 g/mol. The Morgan fingerprint density at radius 3 is 2.68 bits per heavy atom. The summed E-state index contributed by atoms with van der Waals surface area (Å²) in [5.41, 5.74) is 1.18. The zero-order valence-corrected chi connectivity index (χ0v) is 12.7. The molecule has 1 heterocycles. The highest BCUT2D eigenvalue weighted by Gasteiger charge is 2.19. The highest BCUT2D eigenvalue weighted by Crippen LogP contribution is 2.26. The van der Waals surface area contributed by atoms with Gasteiger partial charge in [0.2, 0.25) is 0 Å². The maximum absolute atomic E-state index is 4.65. The van der Waals surface area contributed by atoms with E-state index in [2.05, 4.69) is 48.1 Å². The van der Waals surface area contributed by atoms with Gasteiger partial charge in [-0.25, -0.2) is 0 Å². The molecule has 0 amide bonds. The fourth-order valence-corrected chi connectivity index (χ4v) is 2.93. The normalized spacial score (nSPS) is 25.4. The molecule has 0 saturated heterocycles. The molecule has 1 aliphatic carbocycles. The highest BCUT2D eigenvalue weighted by molar-refractivity contribution is 4.99. The molecule has 108 valence electrons. The lowest BCUT2D eigenvalue weighted by Crippen LogP contribution is -2.32. The van der Waals surface area contributed by atoms with E-state index in [4.69, 9.17) is 0 Å². The van der Waals surface area contributed by atoms with Crippen molar-refractivity contribution < 1.29 is 0 Å². The van der Waals surface area contributed by atoms with Crippen molar-refractivity contribution in [3.8, 4) is 0 Å². The summed E-state index contributed by atoms with van der Waals surface area (Å²) in [4.78, 5) is 0. The first-order valence-corrected chi connectivity index (χ1v) is 8.00. The fraction of sp³-hybridized carbons (Fsp3) is 0.812. The minimum atomic E-state index is 0.508. The zero-order chi connectivity index (χ0) is 13.7. The average molecular weight is 263 g/mol. The third kappa shape index (κ3) is 4.07. The predicted octanol–water partition coefficient (Wildman–Crippen LogP) is 3.91. The van der Waals surface area contributed by atoms with Gasteiger partial charge in [0, 0.05) is 24.8 Å². The Labute approximate surface area is 117 Å². The van der Waals surface area contributed by atoms with Crippen LogP contribution in [0.15, 0.2) is 12.3 Å². The fourth-order valence-electron chi connectivity index (χ4n) is 2.93. The minimum Gasteiger partial charge on any atom is -0.308 e. The van der Waals surface area contributed by atoms with Crippen LogP contribution in [-0.2, 0) is 6.54 Å². The molecule has 0 bridgehead atoms. The molecule has 19 heavy (non-hydrogen) atoms. The Hall–Kier alpha value is -0.830. The lowest BCUT2D eigenvalue weighted by atomic mass is 9.84. The van der Waals surface area contributed by atoms with Crippen LogP contribution in [0.3, 0.4) is 0 Å². The summed E-state index contributed by atoms with van der Waals surface area (Å²) in [6.45, 7) is 7.66. The summed E-state index contributed by atoms with van der Waals surface area (Å²) in [5.74, 6) is 0.975. The van der Waals surface area contributed by atoms with Crippen molar-refractivity contribution in [2.24, 2.45) is 5.92 Å². The van der Waals surface area contributed by atoms with Crippen molar-refractivity contribution in [1.29, 1.82) is 0 Å². The van der Waals surface area contributed by atoms with Crippen molar-refractivity contribution in [1.82, 2.24) is 15.1 Å². The van der Waals surface area contributed by atoms with Crippen molar-refractivity contribution in [2.75, 3.05) is 0 Å². The molecule has 2 rings (SSSR count). The van der Waals surface area contributed by atoms with Gasteiger partial charge in [-0.1, -0.05) is 20.3 Å². The first-order chi connectivity index (χ1) is 9.22. The van der Waals surface area contributed by atoms with E-state index in [1.54, 1.807) is 0 Å². The molecule has 1 unspecified atom stereocenters. The third-order valence-electron chi connectivity index (χ3n) is 4.70. The van der Waals surface area contributed by atoms with E-state index < -0.39 is 0 Å². The molecule has 0 aromatic carbocycles. The molecule has 0 radical (unpaired) electrons. The molecule has 1 atom stereocenters. The lowest BCUT2D eigenvalue weighted by molar-refractivity contribution is 0.284. The summed E-state index contributed by atoms with van der Waals surface area (Å²) < 4.78 is 2.09. The van der Waals surface area contributed by atoms with Gasteiger partial charge < -0.3 is 5.32 Å². The SMILES string of the molecule is CCC1CCC(NCc2ccn(C(C)CC)n2)CC1. The highest BCUT2D eigenvalue weighted by atomic mass is 15.3. The van der Waals surface area contributed by atoms with E-state index in [-0.39, 0.29) is 0 Å².